The van der Waals surface area contributed by atoms with E-state index in [2.05, 4.69) is 39.3 Å². The number of aromatic nitrogens is 2. The van der Waals surface area contributed by atoms with Gasteiger partial charge in [-0.3, -0.25) is 33.7 Å². The van der Waals surface area contributed by atoms with Gasteiger partial charge in [0, 0.05) is 42.5 Å². The van der Waals surface area contributed by atoms with Crippen LogP contribution in [0.25, 0.3) is 11.8 Å². The van der Waals surface area contributed by atoms with E-state index in [0.717, 1.165) is 41.4 Å². The molecule has 0 saturated carbocycles. The number of anilines is 1. The molecule has 0 bridgehead atoms. The Balaban J connectivity index is 0.00000480. The van der Waals surface area contributed by atoms with E-state index in [1.54, 1.807) is 0 Å². The maximum Gasteiger partial charge on any atom is 1.00 e. The van der Waals surface area contributed by atoms with Crippen LogP contribution >= 0.6 is 24.1 Å². The molecule has 0 spiro atoms. The molecular weight excluding hydrogens is 1010 g/mol. The van der Waals surface area contributed by atoms with Crippen molar-refractivity contribution in [3.8, 4) is 11.6 Å². The van der Waals surface area contributed by atoms with E-state index in [1.165, 1.54) is 49.4 Å². The molecule has 3 heterocycles. The number of amides is 3. The standard InChI is InChI=1S/C31H29N7O16S4.4K/c1-32-16-50-29-21(31(42)38(35-29)23-15-19(56-54-52-44)8-12-25(23)58(47,48)49)10-6-17(36-13-3-4-26(36)39)5-9-20-27(28(40)33-2)34-37(30(20)41)22-14-18(55-53-51-43)7-11-24(22)57(45)46;;;;/h5-12,14-16,41,43-44H,3-4,13H2,1-2H3,(H,33,40)(H,45,46)(H,47,48,49);;;;/q;4*+1/p-4/b9-5?,17-6?,21-10-,32-16?;;;;. The number of carbonyl (C=O) groups is 3. The molecule has 0 radical (unpaired) electrons. The van der Waals surface area contributed by atoms with Crippen LogP contribution in [-0.2, 0) is 54.3 Å². The van der Waals surface area contributed by atoms with Crippen LogP contribution in [0.4, 0.5) is 5.69 Å². The van der Waals surface area contributed by atoms with Gasteiger partial charge in [-0.1, -0.05) is 0 Å². The Kier molecular flexibility index (Phi) is 29.0. The van der Waals surface area contributed by atoms with Crippen LogP contribution in [0.2, 0.25) is 0 Å². The molecule has 31 heteroatoms. The summed E-state index contributed by atoms with van der Waals surface area (Å²) in [5.74, 6) is -3.38. The third-order valence-electron chi connectivity index (χ3n) is 7.76. The number of aliphatic imine (C=N–C) groups is 1. The van der Waals surface area contributed by atoms with Crippen molar-refractivity contribution in [2.24, 2.45) is 10.1 Å². The van der Waals surface area contributed by atoms with Gasteiger partial charge in [-0.05, 0) is 78.2 Å². The Morgan fingerprint density at radius 3 is 2.21 bits per heavy atom. The van der Waals surface area contributed by atoms with Gasteiger partial charge in [0.2, 0.25) is 11.8 Å². The Morgan fingerprint density at radius 1 is 1.03 bits per heavy atom. The smallest absolute Gasteiger partial charge is 0.768 e. The minimum absolute atomic E-state index is 0. The zero-order valence-corrected chi connectivity index (χ0v) is 49.1. The molecule has 2 aromatic carbocycles. The van der Waals surface area contributed by atoms with Gasteiger partial charge in [0.25, 0.3) is 17.7 Å². The minimum Gasteiger partial charge on any atom is -0.768 e. The fourth-order valence-electron chi connectivity index (χ4n) is 5.30. The molecule has 0 aliphatic carbocycles. The van der Waals surface area contributed by atoms with Gasteiger partial charge in [-0.2, -0.15) is 23.5 Å². The molecule has 2 aliphatic heterocycles. The summed E-state index contributed by atoms with van der Waals surface area (Å²) in [6.45, 7) is 0.189. The first-order valence-corrected chi connectivity index (χ1v) is 19.8. The van der Waals surface area contributed by atoms with Crippen molar-refractivity contribution in [3.63, 3.8) is 0 Å². The number of carbonyl (C=O) groups excluding carboxylic acids is 3. The number of nitrogens with zero attached hydrogens (tertiary/aromatic N) is 6. The molecule has 1 atom stereocenters. The predicted molar refractivity (Wildman–Crippen MR) is 193 cm³/mol. The Hall–Kier alpha value is 1.25. The van der Waals surface area contributed by atoms with Gasteiger partial charge in [-0.15, -0.1) is 5.10 Å². The van der Waals surface area contributed by atoms with Crippen molar-refractivity contribution >= 4 is 87.1 Å². The number of allylic oxidation sites excluding steroid dienone is 3. The number of nitrogens with one attached hydrogen (secondary N) is 1. The molecule has 2 aliphatic rings. The summed E-state index contributed by atoms with van der Waals surface area (Å²) in [4.78, 5) is 43.8. The summed E-state index contributed by atoms with van der Waals surface area (Å²) in [6, 6.07) is 6.53. The first kappa shape index (κ1) is 61.3. The van der Waals surface area contributed by atoms with Crippen molar-refractivity contribution in [2.45, 2.75) is 32.4 Å². The molecule has 62 heavy (non-hydrogen) atoms. The summed E-state index contributed by atoms with van der Waals surface area (Å²) < 4.78 is 75.5. The van der Waals surface area contributed by atoms with Crippen LogP contribution in [0.5, 0.6) is 5.88 Å². The molecule has 1 unspecified atom stereocenters. The second-order valence-electron chi connectivity index (χ2n) is 11.1. The first-order valence-electron chi connectivity index (χ1n) is 15.8. The van der Waals surface area contributed by atoms with E-state index in [4.69, 9.17) is 4.74 Å². The van der Waals surface area contributed by atoms with Gasteiger partial charge in [0.15, 0.2) is 12.1 Å². The molecule has 308 valence electrons. The number of hydrogen-bond acceptors (Lipinski definition) is 21. The molecule has 1 aromatic heterocycles. The monoisotopic (exact) mass is 1030 g/mol. The van der Waals surface area contributed by atoms with E-state index < -0.39 is 61.1 Å². The molecule has 3 aromatic rings. The van der Waals surface area contributed by atoms with Crippen molar-refractivity contribution < 1.29 is 281 Å². The van der Waals surface area contributed by atoms with Gasteiger partial charge >= 0.3 is 206 Å². The number of benzene rings is 2. The summed E-state index contributed by atoms with van der Waals surface area (Å²) in [6.07, 6.45) is 6.38. The summed E-state index contributed by atoms with van der Waals surface area (Å²) >= 11 is -2.15. The predicted octanol–water partition coefficient (Wildman–Crippen LogP) is -12.0. The van der Waals surface area contributed by atoms with E-state index in [9.17, 15) is 51.7 Å². The number of likely N-dealkylation sites (tertiary alicyclic amines) is 1. The maximum atomic E-state index is 13.9. The quantitative estimate of drug-likeness (QED) is 0.0129. The zero-order chi connectivity index (χ0) is 42.1. The topological polar surface area (TPSA) is 322 Å². The molecule has 1 saturated heterocycles. The number of hydrogen-bond donors (Lipinski definition) is 2. The maximum absolute atomic E-state index is 13.9. The molecule has 1 fully saturated rings. The molecule has 5 rings (SSSR count). The van der Waals surface area contributed by atoms with Crippen LogP contribution in [0, 0.1) is 0 Å². The van der Waals surface area contributed by atoms with Crippen LogP contribution < -0.4 is 226 Å². The summed E-state index contributed by atoms with van der Waals surface area (Å²) in [5.41, 5.74) is -1.74. The van der Waals surface area contributed by atoms with Crippen LogP contribution in [0.15, 0.2) is 95.6 Å². The summed E-state index contributed by atoms with van der Waals surface area (Å²) in [7, 11) is -2.62. The number of aromatic hydroxyl groups is 1. The fraction of sp³-hybridized carbons (Fsp3) is 0.161. The number of rotatable bonds is 16. The third kappa shape index (κ3) is 15.6. The second kappa shape index (κ2) is 29.3. The average molecular weight is 1040 g/mol. The van der Waals surface area contributed by atoms with E-state index in [0.29, 0.717) is 35.5 Å². The summed E-state index contributed by atoms with van der Waals surface area (Å²) in [5, 5.41) is 49.9. The van der Waals surface area contributed by atoms with Crippen molar-refractivity contribution in [1.29, 1.82) is 0 Å². The fourth-order valence-corrected chi connectivity index (χ4v) is 7.21. The SMILES string of the molecule is CN=COC1=NN(c2cc(SOO[O-])ccc2S(=O)(=O)[O-])C(=O)/C1=C\C=C(C=Cc1c(C(=O)NC)nn(-c2cc(SOO[O-])ccc2S(=O)[O-])c1O)N1CCCC1=O.[K+].[K+].[K+].[K+]. The first-order chi connectivity index (χ1) is 27.7. The van der Waals surface area contributed by atoms with Crippen LogP contribution in [-0.4, -0.2) is 92.2 Å². The van der Waals surface area contributed by atoms with E-state index >= 15 is 0 Å². The molecule has 3 amide bonds. The number of hydrazone groups is 1. The van der Waals surface area contributed by atoms with Crippen LogP contribution in [0.3, 0.4) is 0 Å². The van der Waals surface area contributed by atoms with Crippen molar-refractivity contribution in [1.82, 2.24) is 20.0 Å². The minimum atomic E-state index is -5.22. The van der Waals surface area contributed by atoms with Crippen molar-refractivity contribution in [2.75, 3.05) is 25.6 Å². The van der Waals surface area contributed by atoms with Gasteiger partial charge in [-0.25, -0.2) is 8.42 Å². The van der Waals surface area contributed by atoms with Crippen molar-refractivity contribution in [3.05, 3.63) is 77.2 Å². The Labute approximate surface area is 533 Å². The van der Waals surface area contributed by atoms with Gasteiger partial charge in [0.05, 0.1) is 50.8 Å². The normalized spacial score (nSPS) is 15.3. The largest absolute Gasteiger partial charge is 1.00 e. The van der Waals surface area contributed by atoms with Crippen LogP contribution in [0.1, 0.15) is 28.9 Å². The zero-order valence-electron chi connectivity index (χ0n) is 33.4. The van der Waals surface area contributed by atoms with Gasteiger partial charge < -0.3 is 39.7 Å². The van der Waals surface area contributed by atoms with E-state index in [-0.39, 0.29) is 262 Å². The second-order valence-corrected chi connectivity index (χ2v) is 14.9. The molecule has 23 nitrogen and oxygen atoms in total. The Morgan fingerprint density at radius 2 is 1.66 bits per heavy atom. The molecular formula is C31H25K4N7O16S4. The van der Waals surface area contributed by atoms with Gasteiger partial charge in [0.1, 0.15) is 15.7 Å². The Bertz CT molecular complexity index is 2420. The molecule has 2 N–H and O–H groups in total. The number of ether oxygens (including phenoxy) is 1. The third-order valence-corrected chi connectivity index (χ3v) is 10.5. The van der Waals surface area contributed by atoms with E-state index in [1.807, 2.05) is 0 Å². The average Bonchev–Trinajstić information content (AvgIpc) is 3.88.